The van der Waals surface area contributed by atoms with Gasteiger partial charge in [0.1, 0.15) is 22.3 Å². The molecule has 0 spiro atoms. The van der Waals surface area contributed by atoms with Gasteiger partial charge >= 0.3 is 0 Å². The third kappa shape index (κ3) is 4.22. The lowest BCUT2D eigenvalue weighted by molar-refractivity contribution is -0.119. The van der Waals surface area contributed by atoms with Crippen molar-refractivity contribution in [2.45, 2.75) is 13.5 Å². The number of carbonyl (C=O) groups is 2. The van der Waals surface area contributed by atoms with E-state index >= 15 is 0 Å². The molecule has 130 valence electrons. The van der Waals surface area contributed by atoms with Gasteiger partial charge in [0.25, 0.3) is 5.91 Å². The molecule has 0 bridgehead atoms. The molecule has 3 heterocycles. The molecular weight excluding hydrogens is 387 g/mol. The van der Waals surface area contributed by atoms with Crippen molar-refractivity contribution >= 4 is 51.5 Å². The van der Waals surface area contributed by atoms with E-state index in [1.165, 1.54) is 24.3 Å². The fourth-order valence-electron chi connectivity index (χ4n) is 1.96. The first-order chi connectivity index (χ1) is 11.9. The van der Waals surface area contributed by atoms with Gasteiger partial charge in [0.05, 0.1) is 11.6 Å². The van der Waals surface area contributed by atoms with E-state index in [1.807, 2.05) is 0 Å². The van der Waals surface area contributed by atoms with Crippen LogP contribution in [0.4, 0.5) is 5.13 Å². The van der Waals surface area contributed by atoms with E-state index in [1.54, 1.807) is 17.5 Å². The van der Waals surface area contributed by atoms with E-state index < -0.39 is 5.91 Å². The Kier molecular flexibility index (Phi) is 5.12. The first-order valence-corrected chi connectivity index (χ1v) is 8.70. The number of anilines is 1. The quantitative estimate of drug-likeness (QED) is 0.605. The zero-order valence-electron chi connectivity index (χ0n) is 12.9. The molecule has 3 aromatic heterocycles. The zero-order chi connectivity index (χ0) is 18.0. The van der Waals surface area contributed by atoms with E-state index in [4.69, 9.17) is 27.6 Å². The topological polar surface area (TPSA) is 100 Å². The van der Waals surface area contributed by atoms with Crippen LogP contribution in [0, 0.1) is 0 Å². The van der Waals surface area contributed by atoms with Gasteiger partial charge in [-0.2, -0.15) is 0 Å². The number of furan rings is 1. The van der Waals surface area contributed by atoms with Gasteiger partial charge in [0, 0.05) is 12.3 Å². The van der Waals surface area contributed by atoms with E-state index in [2.05, 4.69) is 20.6 Å². The predicted molar refractivity (Wildman–Crippen MR) is 96.1 cm³/mol. The number of halogens is 2. The van der Waals surface area contributed by atoms with Crippen molar-refractivity contribution in [2.75, 3.05) is 5.32 Å². The van der Waals surface area contributed by atoms with Gasteiger partial charge in [0.2, 0.25) is 5.91 Å². The van der Waals surface area contributed by atoms with Crippen LogP contribution in [0.3, 0.4) is 0 Å². The standard InChI is InChI=1S/C15H12Cl2N4O3S/c1-7(22)18-5-8-2-3-12(24-8)11-6-25-15(20-11)21-14(23)10-4-9(16)13(17)19-10/h2-4,6,19H,5H2,1H3,(H,18,22)(H,20,21,23). The molecule has 0 radical (unpaired) electrons. The molecule has 3 rings (SSSR count). The van der Waals surface area contributed by atoms with Gasteiger partial charge in [0.15, 0.2) is 10.9 Å². The second-order valence-electron chi connectivity index (χ2n) is 5.01. The maximum atomic E-state index is 12.1. The molecule has 3 aromatic rings. The average molecular weight is 399 g/mol. The number of nitrogens with zero attached hydrogens (tertiary/aromatic N) is 1. The molecule has 0 aliphatic heterocycles. The number of amides is 2. The minimum atomic E-state index is -0.402. The fourth-order valence-corrected chi connectivity index (χ4v) is 2.96. The molecule has 0 aliphatic rings. The van der Waals surface area contributed by atoms with Gasteiger partial charge in [-0.15, -0.1) is 11.3 Å². The Hall–Kier alpha value is -2.29. The molecule has 10 heteroatoms. The highest BCUT2D eigenvalue weighted by atomic mass is 35.5. The van der Waals surface area contributed by atoms with Gasteiger partial charge in [-0.1, -0.05) is 23.2 Å². The summed E-state index contributed by atoms with van der Waals surface area (Å²) in [5.41, 5.74) is 0.819. The number of aromatic nitrogens is 2. The lowest BCUT2D eigenvalue weighted by Crippen LogP contribution is -2.18. The Morgan fingerprint density at radius 2 is 2.16 bits per heavy atom. The molecule has 3 N–H and O–H groups in total. The van der Waals surface area contributed by atoms with Crippen molar-refractivity contribution in [1.29, 1.82) is 0 Å². The second-order valence-corrected chi connectivity index (χ2v) is 6.66. The van der Waals surface area contributed by atoms with Crippen molar-refractivity contribution in [1.82, 2.24) is 15.3 Å². The minimum Gasteiger partial charge on any atom is -0.458 e. The predicted octanol–water partition coefficient (Wildman–Crippen LogP) is 3.93. The van der Waals surface area contributed by atoms with Crippen LogP contribution in [-0.4, -0.2) is 21.8 Å². The van der Waals surface area contributed by atoms with Crippen LogP contribution in [-0.2, 0) is 11.3 Å². The number of rotatable bonds is 5. The van der Waals surface area contributed by atoms with Crippen molar-refractivity contribution < 1.29 is 14.0 Å². The Morgan fingerprint density at radius 1 is 1.36 bits per heavy atom. The molecule has 0 aromatic carbocycles. The molecule has 0 unspecified atom stereocenters. The van der Waals surface area contributed by atoms with Gasteiger partial charge in [-0.25, -0.2) is 4.98 Å². The van der Waals surface area contributed by atoms with Gasteiger partial charge in [-0.3, -0.25) is 14.9 Å². The van der Waals surface area contributed by atoms with Crippen LogP contribution in [0.2, 0.25) is 10.2 Å². The molecule has 7 nitrogen and oxygen atoms in total. The number of aromatic amines is 1. The summed E-state index contributed by atoms with van der Waals surface area (Å²) in [6, 6.07) is 4.95. The molecule has 0 atom stereocenters. The Labute approximate surface area is 156 Å². The normalized spacial score (nSPS) is 10.7. The third-order valence-corrected chi connectivity index (χ3v) is 4.57. The largest absolute Gasteiger partial charge is 0.458 e. The summed E-state index contributed by atoms with van der Waals surface area (Å²) >= 11 is 12.9. The van der Waals surface area contributed by atoms with Gasteiger partial charge in [-0.05, 0) is 18.2 Å². The molecule has 25 heavy (non-hydrogen) atoms. The zero-order valence-corrected chi connectivity index (χ0v) is 15.2. The first-order valence-electron chi connectivity index (χ1n) is 7.07. The number of nitrogens with one attached hydrogen (secondary N) is 3. The van der Waals surface area contributed by atoms with Crippen molar-refractivity contribution in [3.05, 3.63) is 45.2 Å². The smallest absolute Gasteiger partial charge is 0.273 e. The van der Waals surface area contributed by atoms with Crippen LogP contribution in [0.15, 0.2) is 28.0 Å². The summed E-state index contributed by atoms with van der Waals surface area (Å²) in [6.45, 7) is 1.74. The fraction of sp³-hybridized carbons (Fsp3) is 0.133. The summed E-state index contributed by atoms with van der Waals surface area (Å²) in [5, 5.41) is 7.94. The van der Waals surface area contributed by atoms with E-state index in [9.17, 15) is 9.59 Å². The lowest BCUT2D eigenvalue weighted by atomic mass is 10.3. The molecule has 0 saturated carbocycles. The minimum absolute atomic E-state index is 0.138. The van der Waals surface area contributed by atoms with E-state index in [-0.39, 0.29) is 21.8 Å². The number of carbonyl (C=O) groups excluding carboxylic acids is 2. The third-order valence-electron chi connectivity index (χ3n) is 3.12. The highest BCUT2D eigenvalue weighted by molar-refractivity contribution is 7.14. The van der Waals surface area contributed by atoms with Crippen LogP contribution in [0.25, 0.3) is 11.5 Å². The highest BCUT2D eigenvalue weighted by Gasteiger charge is 2.15. The molecular formula is C15H12Cl2N4O3S. The Bertz CT molecular complexity index is 912. The summed E-state index contributed by atoms with van der Waals surface area (Å²) < 4.78 is 5.62. The molecule has 0 fully saturated rings. The summed E-state index contributed by atoms with van der Waals surface area (Å²) in [4.78, 5) is 30.0. The van der Waals surface area contributed by atoms with Crippen LogP contribution < -0.4 is 10.6 Å². The highest BCUT2D eigenvalue weighted by Crippen LogP contribution is 2.27. The summed E-state index contributed by atoms with van der Waals surface area (Å²) in [5.74, 6) is 0.615. The van der Waals surface area contributed by atoms with Crippen molar-refractivity contribution in [3.8, 4) is 11.5 Å². The first kappa shape index (κ1) is 17.5. The van der Waals surface area contributed by atoms with E-state index in [0.29, 0.717) is 28.9 Å². The number of hydrogen-bond acceptors (Lipinski definition) is 5. The second kappa shape index (κ2) is 7.30. The number of hydrogen-bond donors (Lipinski definition) is 3. The van der Waals surface area contributed by atoms with E-state index in [0.717, 1.165) is 0 Å². The maximum absolute atomic E-state index is 12.1. The van der Waals surface area contributed by atoms with Crippen molar-refractivity contribution in [2.24, 2.45) is 0 Å². The van der Waals surface area contributed by atoms with Gasteiger partial charge < -0.3 is 14.7 Å². The maximum Gasteiger partial charge on any atom is 0.273 e. The Balaban J connectivity index is 1.68. The summed E-state index contributed by atoms with van der Waals surface area (Å²) in [6.07, 6.45) is 0. The van der Waals surface area contributed by atoms with Crippen molar-refractivity contribution in [3.63, 3.8) is 0 Å². The Morgan fingerprint density at radius 3 is 2.84 bits per heavy atom. The molecule has 2 amide bonds. The number of H-pyrrole nitrogens is 1. The van der Waals surface area contributed by atoms with Crippen LogP contribution >= 0.6 is 34.5 Å². The monoisotopic (exact) mass is 398 g/mol. The molecule has 0 aliphatic carbocycles. The average Bonchev–Trinajstić information content (AvgIpc) is 3.26. The molecule has 0 saturated heterocycles. The number of thiazole rings is 1. The lowest BCUT2D eigenvalue weighted by Gasteiger charge is -1.98. The summed E-state index contributed by atoms with van der Waals surface area (Å²) in [7, 11) is 0. The van der Waals surface area contributed by atoms with Crippen LogP contribution in [0.1, 0.15) is 23.2 Å². The van der Waals surface area contributed by atoms with Crippen LogP contribution in [0.5, 0.6) is 0 Å². The SMILES string of the molecule is CC(=O)NCc1ccc(-c2csc(NC(=O)c3cc(Cl)c(Cl)[nH]3)n2)o1.